The summed E-state index contributed by atoms with van der Waals surface area (Å²) in [5.41, 5.74) is 0.683. The maximum atomic E-state index is 13.0. The molecule has 2 saturated heterocycles. The van der Waals surface area contributed by atoms with Crippen molar-refractivity contribution in [1.82, 2.24) is 13.5 Å². The van der Waals surface area contributed by atoms with Crippen molar-refractivity contribution in [2.75, 3.05) is 51.1 Å². The Morgan fingerprint density at radius 1 is 0.824 bits per heavy atom. The summed E-state index contributed by atoms with van der Waals surface area (Å²) in [5.74, 6) is 0.778. The predicted octanol–water partition coefficient (Wildman–Crippen LogP) is 2.80. The number of hydrogen-bond acceptors (Lipinski definition) is 6. The molecule has 1 amide bonds. The van der Waals surface area contributed by atoms with Gasteiger partial charge in [-0.25, -0.2) is 0 Å². The van der Waals surface area contributed by atoms with Gasteiger partial charge in [0.1, 0.15) is 0 Å². The Bertz CT molecular complexity index is 979. The number of piperazine rings is 1. The molecule has 1 aliphatic carbocycles. The Hall–Kier alpha value is -1.88. The number of ether oxygens (including phenoxy) is 2. The molecule has 5 rings (SSSR count). The molecule has 1 N–H and O–H groups in total. The fourth-order valence-electron chi connectivity index (χ4n) is 5.42. The number of carbonyl (C=O) groups is 1. The summed E-state index contributed by atoms with van der Waals surface area (Å²) < 4.78 is 41.5. The number of amides is 1. The minimum absolute atomic E-state index is 0.116. The number of hydrogen-bond donors (Lipinski definition) is 1. The molecule has 3 fully saturated rings. The molecule has 188 valence electrons. The van der Waals surface area contributed by atoms with Crippen LogP contribution < -0.4 is 14.8 Å². The minimum atomic E-state index is -3.41. The zero-order valence-electron chi connectivity index (χ0n) is 19.8. The molecule has 0 radical (unpaired) electrons. The Kier molecular flexibility index (Phi) is 7.02. The lowest BCUT2D eigenvalue weighted by Gasteiger charge is -2.36. The van der Waals surface area contributed by atoms with Crippen LogP contribution >= 0.6 is 0 Å². The maximum Gasteiger partial charge on any atom is 0.282 e. The summed E-state index contributed by atoms with van der Waals surface area (Å²) in [6, 6.07) is 5.54. The highest BCUT2D eigenvalue weighted by atomic mass is 32.2. The SMILES string of the molecule is O=C(CN1CCN(S(=O)(=O)N2CCCCCC2)CC1)Nc1ccc2c(c1)OC1(CCCCC1)O2. The molecule has 0 atom stereocenters. The first-order valence-corrected chi connectivity index (χ1v) is 14.1. The molecule has 0 unspecified atom stereocenters. The van der Waals surface area contributed by atoms with E-state index in [1.165, 1.54) is 6.42 Å². The van der Waals surface area contributed by atoms with Gasteiger partial charge in [0.2, 0.25) is 5.91 Å². The van der Waals surface area contributed by atoms with Gasteiger partial charge in [0.25, 0.3) is 16.0 Å². The zero-order chi connectivity index (χ0) is 23.6. The first-order valence-electron chi connectivity index (χ1n) is 12.7. The molecule has 1 aromatic carbocycles. The van der Waals surface area contributed by atoms with Crippen LogP contribution in [0.25, 0.3) is 0 Å². The van der Waals surface area contributed by atoms with Gasteiger partial charge in [-0.15, -0.1) is 0 Å². The molecule has 9 nitrogen and oxygen atoms in total. The quantitative estimate of drug-likeness (QED) is 0.680. The van der Waals surface area contributed by atoms with E-state index in [-0.39, 0.29) is 12.5 Å². The molecule has 3 heterocycles. The number of nitrogens with zero attached hydrogens (tertiary/aromatic N) is 3. The number of rotatable bonds is 5. The number of benzene rings is 1. The minimum Gasteiger partial charge on any atom is -0.448 e. The van der Waals surface area contributed by atoms with Gasteiger partial charge in [-0.1, -0.05) is 19.3 Å². The molecule has 1 saturated carbocycles. The second-order valence-corrected chi connectivity index (χ2v) is 11.8. The van der Waals surface area contributed by atoms with E-state index in [2.05, 4.69) is 5.32 Å². The van der Waals surface area contributed by atoms with Crippen LogP contribution in [0.2, 0.25) is 0 Å². The van der Waals surface area contributed by atoms with E-state index in [4.69, 9.17) is 9.47 Å². The zero-order valence-corrected chi connectivity index (χ0v) is 20.7. The highest BCUT2D eigenvalue weighted by Crippen LogP contribution is 2.46. The van der Waals surface area contributed by atoms with Crippen LogP contribution in [0.4, 0.5) is 5.69 Å². The van der Waals surface area contributed by atoms with E-state index < -0.39 is 16.0 Å². The number of anilines is 1. The van der Waals surface area contributed by atoms with Gasteiger partial charge in [0, 0.05) is 63.9 Å². The van der Waals surface area contributed by atoms with Crippen molar-refractivity contribution in [3.05, 3.63) is 18.2 Å². The van der Waals surface area contributed by atoms with Crippen LogP contribution in [0.3, 0.4) is 0 Å². The lowest BCUT2D eigenvalue weighted by atomic mass is 9.94. The average molecular weight is 493 g/mol. The summed E-state index contributed by atoms with van der Waals surface area (Å²) in [6.45, 7) is 3.38. The normalized spacial score (nSPS) is 24.1. The summed E-state index contributed by atoms with van der Waals surface area (Å²) >= 11 is 0. The Morgan fingerprint density at radius 3 is 2.15 bits per heavy atom. The highest BCUT2D eigenvalue weighted by Gasteiger charge is 2.42. The van der Waals surface area contributed by atoms with Gasteiger partial charge in [-0.05, 0) is 37.8 Å². The smallest absolute Gasteiger partial charge is 0.282 e. The van der Waals surface area contributed by atoms with Gasteiger partial charge < -0.3 is 14.8 Å². The van der Waals surface area contributed by atoms with Crippen LogP contribution in [0, 0.1) is 0 Å². The molecule has 4 aliphatic rings. The second kappa shape index (κ2) is 10.0. The summed E-state index contributed by atoms with van der Waals surface area (Å²) in [6.07, 6.45) is 9.25. The molecular formula is C24H36N4O5S. The topological polar surface area (TPSA) is 91.4 Å². The maximum absolute atomic E-state index is 13.0. The lowest BCUT2D eigenvalue weighted by Crippen LogP contribution is -2.54. The molecule has 0 aromatic heterocycles. The largest absolute Gasteiger partial charge is 0.448 e. The molecule has 34 heavy (non-hydrogen) atoms. The summed E-state index contributed by atoms with van der Waals surface area (Å²) in [5, 5.41) is 2.95. The van der Waals surface area contributed by atoms with Gasteiger partial charge in [0.05, 0.1) is 6.54 Å². The van der Waals surface area contributed by atoms with E-state index >= 15 is 0 Å². The van der Waals surface area contributed by atoms with E-state index in [1.54, 1.807) is 8.61 Å². The molecule has 3 aliphatic heterocycles. The Balaban J connectivity index is 1.11. The molecular weight excluding hydrogens is 456 g/mol. The third kappa shape index (κ3) is 5.19. The third-order valence-corrected chi connectivity index (χ3v) is 9.39. The standard InChI is InChI=1S/C24H36N4O5S/c29-23(25-20-8-9-21-22(18-20)33-24(32-21)10-4-3-5-11-24)19-26-14-16-28(17-15-26)34(30,31)27-12-6-1-2-7-13-27/h8-9,18H,1-7,10-17,19H2,(H,25,29). The molecule has 0 bridgehead atoms. The van der Waals surface area contributed by atoms with E-state index in [0.717, 1.165) is 57.1 Å². The van der Waals surface area contributed by atoms with Crippen molar-refractivity contribution in [3.63, 3.8) is 0 Å². The van der Waals surface area contributed by atoms with E-state index in [9.17, 15) is 13.2 Å². The van der Waals surface area contributed by atoms with Crippen molar-refractivity contribution < 1.29 is 22.7 Å². The van der Waals surface area contributed by atoms with Crippen molar-refractivity contribution in [1.29, 1.82) is 0 Å². The van der Waals surface area contributed by atoms with E-state index in [1.807, 2.05) is 23.1 Å². The summed E-state index contributed by atoms with van der Waals surface area (Å²) in [4.78, 5) is 14.7. The third-order valence-electron chi connectivity index (χ3n) is 7.35. The van der Waals surface area contributed by atoms with Crippen molar-refractivity contribution in [2.45, 2.75) is 63.6 Å². The van der Waals surface area contributed by atoms with Gasteiger partial charge in [-0.3, -0.25) is 9.69 Å². The number of nitrogens with one attached hydrogen (secondary N) is 1. The Labute approximate surface area is 202 Å². The fourth-order valence-corrected chi connectivity index (χ4v) is 7.09. The number of fused-ring (bicyclic) bond motifs is 1. The van der Waals surface area contributed by atoms with E-state index in [0.29, 0.717) is 50.7 Å². The monoisotopic (exact) mass is 492 g/mol. The molecule has 1 aromatic rings. The predicted molar refractivity (Wildman–Crippen MR) is 129 cm³/mol. The van der Waals surface area contributed by atoms with Gasteiger partial charge >= 0.3 is 0 Å². The molecule has 1 spiro atoms. The Morgan fingerprint density at radius 2 is 1.44 bits per heavy atom. The fraction of sp³-hybridized carbons (Fsp3) is 0.708. The van der Waals surface area contributed by atoms with Crippen LogP contribution in [0.1, 0.15) is 57.8 Å². The first-order chi connectivity index (χ1) is 16.4. The van der Waals surface area contributed by atoms with Crippen LogP contribution in [0.15, 0.2) is 18.2 Å². The van der Waals surface area contributed by atoms with Crippen LogP contribution in [0.5, 0.6) is 11.5 Å². The van der Waals surface area contributed by atoms with Crippen molar-refractivity contribution >= 4 is 21.8 Å². The second-order valence-electron chi connectivity index (χ2n) is 9.88. The first kappa shape index (κ1) is 23.8. The van der Waals surface area contributed by atoms with Gasteiger partial charge in [0.15, 0.2) is 11.5 Å². The lowest BCUT2D eigenvalue weighted by molar-refractivity contribution is -0.117. The van der Waals surface area contributed by atoms with Crippen molar-refractivity contribution in [3.8, 4) is 11.5 Å². The summed E-state index contributed by atoms with van der Waals surface area (Å²) in [7, 11) is -3.41. The van der Waals surface area contributed by atoms with Crippen LogP contribution in [-0.2, 0) is 15.0 Å². The highest BCUT2D eigenvalue weighted by molar-refractivity contribution is 7.86. The van der Waals surface area contributed by atoms with Crippen LogP contribution in [-0.4, -0.2) is 79.4 Å². The average Bonchev–Trinajstić information content (AvgIpc) is 2.99. The van der Waals surface area contributed by atoms with Crippen molar-refractivity contribution in [2.24, 2.45) is 0 Å². The molecule has 10 heteroatoms. The number of carbonyl (C=O) groups excluding carboxylic acids is 1. The van der Waals surface area contributed by atoms with Gasteiger partial charge in [-0.2, -0.15) is 17.0 Å².